The molecule has 1 aromatic heterocycles. The molecule has 0 spiro atoms. The van der Waals surface area contributed by atoms with Crippen LogP contribution in [0.25, 0.3) is 0 Å². The summed E-state index contributed by atoms with van der Waals surface area (Å²) in [5, 5.41) is 15.2. The second kappa shape index (κ2) is 5.05. The molecule has 0 aliphatic rings. The van der Waals surface area contributed by atoms with Gasteiger partial charge in [-0.3, -0.25) is 4.79 Å². The van der Waals surface area contributed by atoms with Crippen molar-refractivity contribution in [2.24, 2.45) is 0 Å². The van der Waals surface area contributed by atoms with E-state index in [2.05, 4.69) is 16.7 Å². The van der Waals surface area contributed by atoms with Crippen molar-refractivity contribution in [3.8, 4) is 6.07 Å². The van der Waals surface area contributed by atoms with Gasteiger partial charge in [-0.25, -0.2) is 0 Å². The fourth-order valence-electron chi connectivity index (χ4n) is 1.14. The summed E-state index contributed by atoms with van der Waals surface area (Å²) in [7, 11) is 0. The molecule has 2 N–H and O–H groups in total. The highest BCUT2D eigenvalue weighted by atomic mass is 32.1. The fraction of sp³-hybridized carbons (Fsp3) is 0.300. The number of amides is 1. The summed E-state index contributed by atoms with van der Waals surface area (Å²) in [6, 6.07) is 2.12. The predicted octanol–water partition coefficient (Wildman–Crippen LogP) is 2.07. The summed E-state index contributed by atoms with van der Waals surface area (Å²) in [5.41, 5.74) is 1.52. The molecule has 0 radical (unpaired) electrons. The summed E-state index contributed by atoms with van der Waals surface area (Å²) < 4.78 is 0. The zero-order valence-electron chi connectivity index (χ0n) is 9.17. The summed E-state index contributed by atoms with van der Waals surface area (Å²) >= 11 is 6.38. The molecule has 4 nitrogen and oxygen atoms in total. The van der Waals surface area contributed by atoms with E-state index < -0.39 is 0 Å². The molecule has 16 heavy (non-hydrogen) atoms. The lowest BCUT2D eigenvalue weighted by Crippen LogP contribution is -2.32. The number of carbonyl (C=O) groups excluding carboxylic acids is 1. The topological polar surface area (TPSA) is 64.9 Å². The average Bonchev–Trinajstić information content (AvgIpc) is 2.40. The van der Waals surface area contributed by atoms with Crippen molar-refractivity contribution in [2.75, 3.05) is 5.32 Å². The molecule has 0 atom stereocenters. The summed E-state index contributed by atoms with van der Waals surface area (Å²) in [5.74, 6) is -0.235. The van der Waals surface area contributed by atoms with Crippen LogP contribution >= 0.6 is 23.6 Å². The van der Waals surface area contributed by atoms with Gasteiger partial charge in [0.25, 0.3) is 0 Å². The number of carbonyl (C=O) groups is 1. The van der Waals surface area contributed by atoms with Crippen molar-refractivity contribution in [1.82, 2.24) is 5.32 Å². The van der Waals surface area contributed by atoms with Crippen LogP contribution < -0.4 is 10.6 Å². The van der Waals surface area contributed by atoms with Crippen molar-refractivity contribution in [3.63, 3.8) is 0 Å². The molecule has 0 unspecified atom stereocenters. The highest BCUT2D eigenvalue weighted by Gasteiger charge is 2.13. The van der Waals surface area contributed by atoms with E-state index >= 15 is 0 Å². The molecule has 1 rings (SSSR count). The molecular weight excluding hydrogens is 242 g/mol. The van der Waals surface area contributed by atoms with Gasteiger partial charge in [0.15, 0.2) is 5.11 Å². The van der Waals surface area contributed by atoms with Crippen LogP contribution in [0.15, 0.2) is 0 Å². The second-order valence-corrected chi connectivity index (χ2v) is 4.87. The monoisotopic (exact) mass is 253 g/mol. The number of aryl methyl sites for hydroxylation is 1. The lowest BCUT2D eigenvalue weighted by Gasteiger charge is -2.05. The van der Waals surface area contributed by atoms with E-state index in [0.29, 0.717) is 10.6 Å². The van der Waals surface area contributed by atoms with Gasteiger partial charge in [-0.2, -0.15) is 5.26 Å². The van der Waals surface area contributed by atoms with Crippen LogP contribution in [-0.4, -0.2) is 11.0 Å². The standard InChI is InChI=1S/C10H11N3OS2/c1-5-6(2)16-9(8(5)4-11)13-10(15)12-7(3)14/h1-3H3,(H2,12,13,14,15). The lowest BCUT2D eigenvalue weighted by atomic mass is 10.2. The highest BCUT2D eigenvalue weighted by molar-refractivity contribution is 7.80. The Hall–Kier alpha value is -1.45. The normalized spacial score (nSPS) is 9.38. The Labute approximate surface area is 103 Å². The van der Waals surface area contributed by atoms with Crippen LogP contribution in [0, 0.1) is 25.2 Å². The third-order valence-electron chi connectivity index (χ3n) is 2.01. The Morgan fingerprint density at radius 2 is 2.12 bits per heavy atom. The highest BCUT2D eigenvalue weighted by Crippen LogP contribution is 2.31. The first-order valence-electron chi connectivity index (χ1n) is 4.54. The Morgan fingerprint density at radius 3 is 2.62 bits per heavy atom. The maximum atomic E-state index is 10.8. The van der Waals surface area contributed by atoms with Crippen molar-refractivity contribution >= 4 is 39.6 Å². The Morgan fingerprint density at radius 1 is 1.50 bits per heavy atom. The van der Waals surface area contributed by atoms with Gasteiger partial charge in [0.2, 0.25) is 5.91 Å². The third kappa shape index (κ3) is 2.78. The molecule has 1 heterocycles. The predicted molar refractivity (Wildman–Crippen MR) is 68.5 cm³/mol. The maximum Gasteiger partial charge on any atom is 0.222 e. The summed E-state index contributed by atoms with van der Waals surface area (Å²) in [6.45, 7) is 5.20. The van der Waals surface area contributed by atoms with E-state index in [-0.39, 0.29) is 11.0 Å². The van der Waals surface area contributed by atoms with Gasteiger partial charge < -0.3 is 10.6 Å². The molecule has 0 bridgehead atoms. The van der Waals surface area contributed by atoms with Gasteiger partial charge in [-0.05, 0) is 31.6 Å². The first kappa shape index (κ1) is 12.6. The number of nitrogens with one attached hydrogen (secondary N) is 2. The first-order chi connectivity index (χ1) is 7.45. The number of hydrogen-bond donors (Lipinski definition) is 2. The fourth-order valence-corrected chi connectivity index (χ4v) is 2.47. The van der Waals surface area contributed by atoms with Crippen molar-refractivity contribution in [2.45, 2.75) is 20.8 Å². The molecule has 0 saturated heterocycles. The number of nitriles is 1. The van der Waals surface area contributed by atoms with Crippen LogP contribution in [0.4, 0.5) is 5.00 Å². The largest absolute Gasteiger partial charge is 0.323 e. The number of nitrogens with zero attached hydrogens (tertiary/aromatic N) is 1. The molecule has 1 amide bonds. The lowest BCUT2D eigenvalue weighted by molar-refractivity contribution is -0.117. The SMILES string of the molecule is CC(=O)NC(=S)Nc1sc(C)c(C)c1C#N. The van der Waals surface area contributed by atoms with Gasteiger partial charge in [-0.1, -0.05) is 0 Å². The van der Waals surface area contributed by atoms with E-state index in [9.17, 15) is 4.79 Å². The second-order valence-electron chi connectivity index (χ2n) is 3.23. The number of thiocarbonyl (C=S) groups is 1. The number of anilines is 1. The Bertz CT molecular complexity index is 485. The zero-order chi connectivity index (χ0) is 12.3. The molecule has 0 fully saturated rings. The van der Waals surface area contributed by atoms with Crippen LogP contribution in [0.3, 0.4) is 0 Å². The number of rotatable bonds is 1. The summed E-state index contributed by atoms with van der Waals surface area (Å²) in [6.07, 6.45) is 0. The number of hydrogen-bond acceptors (Lipinski definition) is 4. The molecule has 1 aromatic rings. The third-order valence-corrected chi connectivity index (χ3v) is 3.34. The minimum absolute atomic E-state index is 0.213. The first-order valence-corrected chi connectivity index (χ1v) is 5.76. The molecule has 84 valence electrons. The molecule has 0 aliphatic heterocycles. The number of thiophene rings is 1. The van der Waals surface area contributed by atoms with E-state index in [1.165, 1.54) is 18.3 Å². The molecule has 6 heteroatoms. The van der Waals surface area contributed by atoms with Crippen LogP contribution in [0.5, 0.6) is 0 Å². The maximum absolute atomic E-state index is 10.8. The van der Waals surface area contributed by atoms with Crippen molar-refractivity contribution in [3.05, 3.63) is 16.0 Å². The Balaban J connectivity index is 2.90. The van der Waals surface area contributed by atoms with Gasteiger partial charge in [0, 0.05) is 11.8 Å². The molecular formula is C10H11N3OS2. The van der Waals surface area contributed by atoms with Gasteiger partial charge in [0.1, 0.15) is 11.1 Å². The van der Waals surface area contributed by atoms with Crippen molar-refractivity contribution in [1.29, 1.82) is 5.26 Å². The van der Waals surface area contributed by atoms with E-state index in [0.717, 1.165) is 10.4 Å². The van der Waals surface area contributed by atoms with E-state index in [4.69, 9.17) is 17.5 Å². The molecule has 0 aromatic carbocycles. The van der Waals surface area contributed by atoms with E-state index in [1.807, 2.05) is 13.8 Å². The van der Waals surface area contributed by atoms with Gasteiger partial charge >= 0.3 is 0 Å². The molecule has 0 saturated carbocycles. The smallest absolute Gasteiger partial charge is 0.222 e. The van der Waals surface area contributed by atoms with E-state index in [1.54, 1.807) is 0 Å². The van der Waals surface area contributed by atoms with Crippen molar-refractivity contribution < 1.29 is 4.79 Å². The van der Waals surface area contributed by atoms with Gasteiger partial charge in [0.05, 0.1) is 5.56 Å². The van der Waals surface area contributed by atoms with Crippen LogP contribution in [0.2, 0.25) is 0 Å². The minimum Gasteiger partial charge on any atom is -0.323 e. The summed E-state index contributed by atoms with van der Waals surface area (Å²) in [4.78, 5) is 11.8. The van der Waals surface area contributed by atoms with Crippen LogP contribution in [-0.2, 0) is 4.79 Å². The zero-order valence-corrected chi connectivity index (χ0v) is 10.8. The average molecular weight is 253 g/mol. The molecule has 0 aliphatic carbocycles. The quantitative estimate of drug-likeness (QED) is 0.752. The van der Waals surface area contributed by atoms with Gasteiger partial charge in [-0.15, -0.1) is 11.3 Å². The van der Waals surface area contributed by atoms with Crippen LogP contribution in [0.1, 0.15) is 22.9 Å². The minimum atomic E-state index is -0.235. The Kier molecular flexibility index (Phi) is 3.99.